The van der Waals surface area contributed by atoms with E-state index in [9.17, 15) is 10.1 Å². The van der Waals surface area contributed by atoms with Crippen LogP contribution in [-0.2, 0) is 6.54 Å². The average Bonchev–Trinajstić information content (AvgIpc) is 2.66. The Balaban J connectivity index is 2.07. The molecule has 0 saturated carbocycles. The maximum atomic E-state index is 10.3. The molecule has 84 valence electrons. The van der Waals surface area contributed by atoms with Crippen LogP contribution < -0.4 is 5.32 Å². The third-order valence-electron chi connectivity index (χ3n) is 2.22. The number of guanidine groups is 1. The van der Waals surface area contributed by atoms with E-state index in [1.807, 2.05) is 18.2 Å². The first-order valence-electron chi connectivity index (χ1n) is 4.87. The van der Waals surface area contributed by atoms with Crippen molar-refractivity contribution in [2.24, 2.45) is 5.10 Å². The van der Waals surface area contributed by atoms with E-state index in [0.717, 1.165) is 5.69 Å². The van der Waals surface area contributed by atoms with Crippen molar-refractivity contribution < 1.29 is 5.03 Å². The van der Waals surface area contributed by atoms with Crippen LogP contribution in [0.25, 0.3) is 0 Å². The lowest BCUT2D eigenvalue weighted by molar-refractivity contribution is -0.485. The summed E-state index contributed by atoms with van der Waals surface area (Å²) in [7, 11) is 0. The predicted molar refractivity (Wildman–Crippen MR) is 57.1 cm³/mol. The Kier molecular flexibility index (Phi) is 2.95. The maximum Gasteiger partial charge on any atom is 0.271 e. The molecule has 1 saturated heterocycles. The van der Waals surface area contributed by atoms with E-state index in [4.69, 9.17) is 0 Å². The average molecular weight is 221 g/mol. The molecule has 16 heavy (non-hydrogen) atoms. The van der Waals surface area contributed by atoms with Gasteiger partial charge in [0, 0.05) is 19.3 Å². The number of hydrogen-bond donors (Lipinski definition) is 1. The third kappa shape index (κ3) is 2.44. The van der Waals surface area contributed by atoms with E-state index in [0.29, 0.717) is 25.6 Å². The number of nitro groups is 1. The summed E-state index contributed by atoms with van der Waals surface area (Å²) in [5.41, 5.74) is 0.863. The number of rotatable bonds is 3. The Morgan fingerprint density at radius 3 is 3.19 bits per heavy atom. The molecule has 0 unspecified atom stereocenters. The van der Waals surface area contributed by atoms with E-state index in [1.165, 1.54) is 0 Å². The van der Waals surface area contributed by atoms with Gasteiger partial charge in [0.05, 0.1) is 12.2 Å². The largest absolute Gasteiger partial charge is 0.349 e. The topological polar surface area (TPSA) is 83.7 Å². The van der Waals surface area contributed by atoms with Crippen molar-refractivity contribution in [1.29, 1.82) is 0 Å². The first kappa shape index (κ1) is 10.3. The predicted octanol–water partition coefficient (Wildman–Crippen LogP) is 0.0345. The van der Waals surface area contributed by atoms with Gasteiger partial charge in [-0.15, -0.1) is 0 Å². The third-order valence-corrected chi connectivity index (χ3v) is 2.22. The Morgan fingerprint density at radius 1 is 1.62 bits per heavy atom. The fourth-order valence-corrected chi connectivity index (χ4v) is 1.54. The van der Waals surface area contributed by atoms with Crippen LogP contribution in [0.4, 0.5) is 0 Å². The molecule has 7 heteroatoms. The zero-order valence-corrected chi connectivity index (χ0v) is 8.54. The number of hydrazone groups is 1. The zero-order chi connectivity index (χ0) is 11.4. The molecule has 1 aromatic heterocycles. The van der Waals surface area contributed by atoms with Gasteiger partial charge in [0.25, 0.3) is 5.96 Å². The number of hydrogen-bond acceptors (Lipinski definition) is 3. The van der Waals surface area contributed by atoms with Gasteiger partial charge < -0.3 is 10.2 Å². The van der Waals surface area contributed by atoms with Gasteiger partial charge in [0.15, 0.2) is 5.03 Å². The van der Waals surface area contributed by atoms with E-state index < -0.39 is 5.03 Å². The Morgan fingerprint density at radius 2 is 2.50 bits per heavy atom. The second-order valence-electron chi connectivity index (χ2n) is 3.33. The van der Waals surface area contributed by atoms with Gasteiger partial charge in [0.2, 0.25) is 0 Å². The summed E-state index contributed by atoms with van der Waals surface area (Å²) in [5, 5.41) is 15.7. The molecule has 2 rings (SSSR count). The lowest BCUT2D eigenvalue weighted by atomic mass is 10.3. The minimum absolute atomic E-state index is 0.302. The molecule has 0 spiro atoms. The summed E-state index contributed by atoms with van der Waals surface area (Å²) in [6, 6.07) is 5.59. The van der Waals surface area contributed by atoms with Crippen molar-refractivity contribution in [3.63, 3.8) is 0 Å². The summed E-state index contributed by atoms with van der Waals surface area (Å²) in [5.74, 6) is 0.302. The molecule has 0 bridgehead atoms. The molecular formula is C9H11N5O2. The lowest BCUT2D eigenvalue weighted by Crippen LogP contribution is -2.30. The molecule has 0 amide bonds. The number of aromatic nitrogens is 1. The van der Waals surface area contributed by atoms with Crippen molar-refractivity contribution in [3.05, 3.63) is 40.2 Å². The fraction of sp³-hybridized carbons (Fsp3) is 0.333. The highest BCUT2D eigenvalue weighted by Gasteiger charge is 2.21. The van der Waals surface area contributed by atoms with Gasteiger partial charge in [-0.3, -0.25) is 4.98 Å². The highest BCUT2D eigenvalue weighted by molar-refractivity contribution is 5.81. The van der Waals surface area contributed by atoms with Gasteiger partial charge in [0.1, 0.15) is 5.10 Å². The molecule has 0 atom stereocenters. The van der Waals surface area contributed by atoms with Gasteiger partial charge >= 0.3 is 0 Å². The van der Waals surface area contributed by atoms with Crippen LogP contribution in [0.15, 0.2) is 29.5 Å². The zero-order valence-electron chi connectivity index (χ0n) is 8.54. The van der Waals surface area contributed by atoms with Crippen molar-refractivity contribution in [1.82, 2.24) is 15.2 Å². The standard InChI is InChI=1S/C9H11N5O2/c15-14(16)12-9-11-5-6-13(9)7-8-3-1-2-4-10-8/h1-4H,5-7H2,(H,11,12). The van der Waals surface area contributed by atoms with Crippen LogP contribution in [0.3, 0.4) is 0 Å². The molecule has 2 heterocycles. The second kappa shape index (κ2) is 4.56. The van der Waals surface area contributed by atoms with Gasteiger partial charge in [-0.1, -0.05) is 6.07 Å². The van der Waals surface area contributed by atoms with Crippen LogP contribution in [0, 0.1) is 10.1 Å². The molecule has 1 aliphatic heterocycles. The maximum absolute atomic E-state index is 10.3. The van der Waals surface area contributed by atoms with Crippen molar-refractivity contribution in [2.75, 3.05) is 13.1 Å². The Hall–Kier alpha value is -2.18. The monoisotopic (exact) mass is 221 g/mol. The Bertz CT molecular complexity index is 406. The van der Waals surface area contributed by atoms with Crippen LogP contribution in [0.2, 0.25) is 0 Å². The van der Waals surface area contributed by atoms with Crippen LogP contribution in [0.1, 0.15) is 5.69 Å². The molecule has 1 aliphatic rings. The summed E-state index contributed by atoms with van der Waals surface area (Å²) >= 11 is 0. The van der Waals surface area contributed by atoms with E-state index in [-0.39, 0.29) is 0 Å². The number of nitrogens with zero attached hydrogens (tertiary/aromatic N) is 4. The van der Waals surface area contributed by atoms with Crippen LogP contribution in [-0.4, -0.2) is 34.0 Å². The van der Waals surface area contributed by atoms with E-state index in [2.05, 4.69) is 15.4 Å². The van der Waals surface area contributed by atoms with Gasteiger partial charge in [-0.25, -0.2) is 10.1 Å². The Labute approximate surface area is 91.9 Å². The summed E-state index contributed by atoms with van der Waals surface area (Å²) < 4.78 is 0. The van der Waals surface area contributed by atoms with Gasteiger partial charge in [-0.2, -0.15) is 0 Å². The molecule has 1 N–H and O–H groups in total. The number of pyridine rings is 1. The second-order valence-corrected chi connectivity index (χ2v) is 3.33. The highest BCUT2D eigenvalue weighted by Crippen LogP contribution is 2.04. The smallest absolute Gasteiger partial charge is 0.271 e. The molecule has 0 aromatic carbocycles. The van der Waals surface area contributed by atoms with Crippen LogP contribution >= 0.6 is 0 Å². The summed E-state index contributed by atoms with van der Waals surface area (Å²) in [6.07, 6.45) is 1.70. The molecular weight excluding hydrogens is 210 g/mol. The molecule has 0 aliphatic carbocycles. The highest BCUT2D eigenvalue weighted by atomic mass is 16.7. The lowest BCUT2D eigenvalue weighted by Gasteiger charge is -2.14. The molecule has 0 radical (unpaired) electrons. The first-order valence-corrected chi connectivity index (χ1v) is 4.87. The first-order chi connectivity index (χ1) is 7.75. The molecule has 1 fully saturated rings. The summed E-state index contributed by atoms with van der Waals surface area (Å²) in [4.78, 5) is 16.2. The quantitative estimate of drug-likeness (QED) is 0.575. The minimum atomic E-state index is -0.695. The normalized spacial score (nSPS) is 17.5. The molecule has 7 nitrogen and oxygen atoms in total. The fourth-order valence-electron chi connectivity index (χ4n) is 1.54. The minimum Gasteiger partial charge on any atom is -0.349 e. The molecule has 1 aromatic rings. The van der Waals surface area contributed by atoms with Crippen molar-refractivity contribution in [3.8, 4) is 0 Å². The van der Waals surface area contributed by atoms with Crippen molar-refractivity contribution >= 4 is 5.96 Å². The van der Waals surface area contributed by atoms with Crippen LogP contribution in [0.5, 0.6) is 0 Å². The number of nitrogens with one attached hydrogen (secondary N) is 1. The SMILES string of the molecule is O=[N+]([O-])/N=C1\NCCN1Cc1ccccn1. The van der Waals surface area contributed by atoms with Crippen molar-refractivity contribution in [2.45, 2.75) is 6.54 Å². The van der Waals surface area contributed by atoms with Gasteiger partial charge in [-0.05, 0) is 12.1 Å². The van der Waals surface area contributed by atoms with E-state index in [1.54, 1.807) is 11.1 Å². The van der Waals surface area contributed by atoms with E-state index >= 15 is 0 Å². The summed E-state index contributed by atoms with van der Waals surface area (Å²) in [6.45, 7) is 1.89.